The van der Waals surface area contributed by atoms with Gasteiger partial charge >= 0.3 is 5.97 Å². The lowest BCUT2D eigenvalue weighted by atomic mass is 10.1. The Bertz CT molecular complexity index is 971. The van der Waals surface area contributed by atoms with Gasteiger partial charge in [0.1, 0.15) is 17.4 Å². The first-order valence-corrected chi connectivity index (χ1v) is 9.52. The average Bonchev–Trinajstić information content (AvgIpc) is 3.19. The van der Waals surface area contributed by atoms with Crippen LogP contribution in [0.2, 0.25) is 0 Å². The second-order valence-electron chi connectivity index (χ2n) is 6.63. The summed E-state index contributed by atoms with van der Waals surface area (Å²) in [5, 5.41) is 12.0. The van der Waals surface area contributed by atoms with Gasteiger partial charge in [0, 0.05) is 5.69 Å². The van der Waals surface area contributed by atoms with Gasteiger partial charge in [-0.05, 0) is 73.2 Å². The lowest BCUT2D eigenvalue weighted by molar-refractivity contribution is -0.142. The van der Waals surface area contributed by atoms with Gasteiger partial charge in [-0.15, -0.1) is 0 Å². The van der Waals surface area contributed by atoms with Crippen molar-refractivity contribution in [1.82, 2.24) is 0 Å². The fourth-order valence-electron chi connectivity index (χ4n) is 3.19. The standard InChI is InChI=1S/C23H22N2O4/c1-2-28-21-10-6-16(7-11-21)12-19(14-24)23(27)29-15-22(26)25-20-9-8-17-4-3-5-18(17)13-20/h6-13H,2-5,15H2,1H3,(H,25,26)/b19-12+. The molecule has 1 aliphatic carbocycles. The fraction of sp³-hybridized carbons (Fsp3) is 0.261. The maximum atomic E-state index is 12.1. The van der Waals surface area contributed by atoms with E-state index in [0.29, 0.717) is 23.6 Å². The number of nitriles is 1. The normalized spacial score (nSPS) is 12.6. The maximum absolute atomic E-state index is 12.1. The van der Waals surface area contributed by atoms with Crippen molar-refractivity contribution in [2.24, 2.45) is 0 Å². The van der Waals surface area contributed by atoms with Crippen LogP contribution in [0.25, 0.3) is 6.08 Å². The number of nitrogens with one attached hydrogen (secondary N) is 1. The van der Waals surface area contributed by atoms with E-state index in [1.807, 2.05) is 31.2 Å². The number of rotatable bonds is 7. The molecule has 0 fully saturated rings. The number of amides is 1. The van der Waals surface area contributed by atoms with Crippen LogP contribution in [0.3, 0.4) is 0 Å². The maximum Gasteiger partial charge on any atom is 0.349 e. The zero-order chi connectivity index (χ0) is 20.6. The molecule has 0 heterocycles. The summed E-state index contributed by atoms with van der Waals surface area (Å²) in [7, 11) is 0. The number of ether oxygens (including phenoxy) is 2. The fourth-order valence-corrected chi connectivity index (χ4v) is 3.19. The molecule has 3 rings (SSSR count). The Hall–Kier alpha value is -3.59. The Morgan fingerprint density at radius 2 is 1.90 bits per heavy atom. The van der Waals surface area contributed by atoms with Crippen molar-refractivity contribution in [1.29, 1.82) is 5.26 Å². The number of anilines is 1. The van der Waals surface area contributed by atoms with Crippen molar-refractivity contribution in [2.45, 2.75) is 26.2 Å². The summed E-state index contributed by atoms with van der Waals surface area (Å²) in [6.07, 6.45) is 4.62. The largest absolute Gasteiger partial charge is 0.494 e. The van der Waals surface area contributed by atoms with E-state index in [-0.39, 0.29) is 5.57 Å². The van der Waals surface area contributed by atoms with Crippen molar-refractivity contribution >= 4 is 23.6 Å². The molecule has 2 aromatic carbocycles. The van der Waals surface area contributed by atoms with Gasteiger partial charge in [-0.1, -0.05) is 18.2 Å². The van der Waals surface area contributed by atoms with E-state index >= 15 is 0 Å². The van der Waals surface area contributed by atoms with Gasteiger partial charge < -0.3 is 14.8 Å². The number of nitrogens with zero attached hydrogens (tertiary/aromatic N) is 1. The van der Waals surface area contributed by atoms with E-state index in [1.165, 1.54) is 17.2 Å². The summed E-state index contributed by atoms with van der Waals surface area (Å²) in [5.41, 5.74) is 3.71. The van der Waals surface area contributed by atoms with Crippen molar-refractivity contribution in [3.63, 3.8) is 0 Å². The molecule has 0 bridgehead atoms. The summed E-state index contributed by atoms with van der Waals surface area (Å²) < 4.78 is 10.3. The first-order valence-electron chi connectivity index (χ1n) is 9.52. The first-order chi connectivity index (χ1) is 14.1. The highest BCUT2D eigenvalue weighted by atomic mass is 16.5. The molecule has 0 aromatic heterocycles. The minimum absolute atomic E-state index is 0.181. The van der Waals surface area contributed by atoms with E-state index in [9.17, 15) is 14.9 Å². The molecule has 29 heavy (non-hydrogen) atoms. The monoisotopic (exact) mass is 390 g/mol. The van der Waals surface area contributed by atoms with E-state index < -0.39 is 18.5 Å². The predicted molar refractivity (Wildman–Crippen MR) is 109 cm³/mol. The third kappa shape index (κ3) is 5.45. The summed E-state index contributed by atoms with van der Waals surface area (Å²) in [5.74, 6) is -0.589. The topological polar surface area (TPSA) is 88.4 Å². The van der Waals surface area contributed by atoms with Crippen LogP contribution in [0.4, 0.5) is 5.69 Å². The highest BCUT2D eigenvalue weighted by Gasteiger charge is 2.15. The van der Waals surface area contributed by atoms with Crippen molar-refractivity contribution in [3.05, 3.63) is 64.7 Å². The third-order valence-electron chi connectivity index (χ3n) is 4.56. The number of carbonyl (C=O) groups excluding carboxylic acids is 2. The summed E-state index contributed by atoms with van der Waals surface area (Å²) in [4.78, 5) is 24.2. The highest BCUT2D eigenvalue weighted by molar-refractivity contribution is 6.00. The summed E-state index contributed by atoms with van der Waals surface area (Å²) in [6, 6.07) is 14.6. The Morgan fingerprint density at radius 3 is 2.62 bits per heavy atom. The number of fused-ring (bicyclic) bond motifs is 1. The van der Waals surface area contributed by atoms with Gasteiger partial charge in [-0.3, -0.25) is 4.79 Å². The predicted octanol–water partition coefficient (Wildman–Crippen LogP) is 3.66. The van der Waals surface area contributed by atoms with Crippen LogP contribution in [0.15, 0.2) is 48.0 Å². The molecule has 0 unspecified atom stereocenters. The van der Waals surface area contributed by atoms with E-state index in [0.717, 1.165) is 19.3 Å². The first kappa shape index (κ1) is 20.2. The minimum Gasteiger partial charge on any atom is -0.494 e. The molecule has 0 aliphatic heterocycles. The molecular weight excluding hydrogens is 368 g/mol. The van der Waals surface area contributed by atoms with Crippen molar-refractivity contribution in [3.8, 4) is 11.8 Å². The van der Waals surface area contributed by atoms with Crippen LogP contribution in [0, 0.1) is 11.3 Å². The summed E-state index contributed by atoms with van der Waals surface area (Å²) in [6.45, 7) is 1.98. The molecule has 1 aliphatic rings. The van der Waals surface area contributed by atoms with Gasteiger partial charge in [0.05, 0.1) is 6.61 Å². The Labute approximate surface area is 169 Å². The van der Waals surface area contributed by atoms with Gasteiger partial charge in [-0.25, -0.2) is 4.79 Å². The second kappa shape index (κ2) is 9.56. The van der Waals surface area contributed by atoms with E-state index in [4.69, 9.17) is 9.47 Å². The molecule has 6 heteroatoms. The molecular formula is C23H22N2O4. The third-order valence-corrected chi connectivity index (χ3v) is 4.56. The minimum atomic E-state index is -0.842. The molecule has 0 saturated carbocycles. The van der Waals surface area contributed by atoms with Gasteiger partial charge in [-0.2, -0.15) is 5.26 Å². The molecule has 6 nitrogen and oxygen atoms in total. The van der Waals surface area contributed by atoms with Crippen LogP contribution in [0.1, 0.15) is 30.0 Å². The number of carbonyl (C=O) groups is 2. The smallest absolute Gasteiger partial charge is 0.349 e. The van der Waals surface area contributed by atoms with Gasteiger partial charge in [0.15, 0.2) is 6.61 Å². The highest BCUT2D eigenvalue weighted by Crippen LogP contribution is 2.24. The zero-order valence-corrected chi connectivity index (χ0v) is 16.2. The molecule has 1 amide bonds. The SMILES string of the molecule is CCOc1ccc(/C=C(\C#N)C(=O)OCC(=O)Nc2ccc3c(c2)CCC3)cc1. The quantitative estimate of drug-likeness (QED) is 0.443. The Kier molecular flexibility index (Phi) is 6.64. The Morgan fingerprint density at radius 1 is 1.14 bits per heavy atom. The van der Waals surface area contributed by atoms with Crippen molar-refractivity contribution < 1.29 is 19.1 Å². The number of esters is 1. The molecule has 148 valence electrons. The molecule has 0 saturated heterocycles. The van der Waals surface area contributed by atoms with Crippen LogP contribution in [0.5, 0.6) is 5.75 Å². The second-order valence-corrected chi connectivity index (χ2v) is 6.63. The average molecular weight is 390 g/mol. The van der Waals surface area contributed by atoms with Crippen LogP contribution in [-0.4, -0.2) is 25.1 Å². The van der Waals surface area contributed by atoms with E-state index in [1.54, 1.807) is 24.3 Å². The molecule has 1 N–H and O–H groups in total. The zero-order valence-electron chi connectivity index (χ0n) is 16.2. The number of aryl methyl sites for hydroxylation is 2. The lowest BCUT2D eigenvalue weighted by Crippen LogP contribution is -2.21. The van der Waals surface area contributed by atoms with Crippen LogP contribution >= 0.6 is 0 Å². The molecule has 2 aromatic rings. The molecule has 0 atom stereocenters. The number of hydrogen-bond acceptors (Lipinski definition) is 5. The van der Waals surface area contributed by atoms with E-state index in [2.05, 4.69) is 5.32 Å². The number of hydrogen-bond donors (Lipinski definition) is 1. The Balaban J connectivity index is 1.55. The van der Waals surface area contributed by atoms with Crippen molar-refractivity contribution in [2.75, 3.05) is 18.5 Å². The summed E-state index contributed by atoms with van der Waals surface area (Å²) >= 11 is 0. The number of benzene rings is 2. The molecule has 0 radical (unpaired) electrons. The molecule has 0 spiro atoms. The van der Waals surface area contributed by atoms with Gasteiger partial charge in [0.25, 0.3) is 5.91 Å². The van der Waals surface area contributed by atoms with Crippen LogP contribution < -0.4 is 10.1 Å². The van der Waals surface area contributed by atoms with Gasteiger partial charge in [0.2, 0.25) is 0 Å². The lowest BCUT2D eigenvalue weighted by Gasteiger charge is -2.08. The van der Waals surface area contributed by atoms with Crippen LogP contribution in [-0.2, 0) is 27.2 Å².